The summed E-state index contributed by atoms with van der Waals surface area (Å²) in [5, 5.41) is 2.63. The van der Waals surface area contributed by atoms with Crippen LogP contribution in [-0.2, 0) is 9.59 Å². The average molecular weight is 196 g/mol. The van der Waals surface area contributed by atoms with E-state index in [1.807, 2.05) is 0 Å². The average Bonchev–Trinajstić information content (AvgIpc) is 2.27. The highest BCUT2D eigenvalue weighted by Gasteiger charge is 2.25. The van der Waals surface area contributed by atoms with Gasteiger partial charge in [-0.15, -0.1) is 0 Å². The molecule has 0 aromatic rings. The molecule has 78 valence electrons. The van der Waals surface area contributed by atoms with Crippen molar-refractivity contribution < 1.29 is 9.59 Å². The third kappa shape index (κ3) is 2.34. The Hall–Kier alpha value is -1.32. The molecule has 1 heterocycles. The van der Waals surface area contributed by atoms with Gasteiger partial charge in [-0.1, -0.05) is 6.58 Å². The van der Waals surface area contributed by atoms with Crippen molar-refractivity contribution in [2.24, 2.45) is 5.92 Å². The van der Waals surface area contributed by atoms with E-state index in [4.69, 9.17) is 0 Å². The van der Waals surface area contributed by atoms with E-state index in [1.165, 1.54) is 6.08 Å². The van der Waals surface area contributed by atoms with Crippen LogP contribution in [-0.4, -0.2) is 36.9 Å². The lowest BCUT2D eigenvalue weighted by molar-refractivity contribution is -0.131. The second kappa shape index (κ2) is 4.79. The molecular formula is C10H16N2O2. The lowest BCUT2D eigenvalue weighted by Crippen LogP contribution is -2.41. The molecule has 1 aliphatic rings. The van der Waals surface area contributed by atoms with Crippen LogP contribution in [0.15, 0.2) is 12.7 Å². The van der Waals surface area contributed by atoms with E-state index < -0.39 is 0 Å². The normalized spacial score (nSPS) is 17.6. The molecule has 1 N–H and O–H groups in total. The molecule has 0 aromatic carbocycles. The van der Waals surface area contributed by atoms with Gasteiger partial charge in [0.1, 0.15) is 0 Å². The zero-order chi connectivity index (χ0) is 10.6. The third-order valence-corrected chi connectivity index (χ3v) is 2.60. The summed E-state index contributed by atoms with van der Waals surface area (Å²) in [5.74, 6) is 0.102. The fourth-order valence-electron chi connectivity index (χ4n) is 1.70. The first-order chi connectivity index (χ1) is 6.69. The van der Waals surface area contributed by atoms with Crippen LogP contribution in [0.25, 0.3) is 0 Å². The largest absolute Gasteiger partial charge is 0.359 e. The lowest BCUT2D eigenvalue weighted by atomic mass is 9.96. The number of nitrogens with one attached hydrogen (secondary N) is 1. The number of hydrogen-bond acceptors (Lipinski definition) is 2. The maximum Gasteiger partial charge on any atom is 0.245 e. The fourth-order valence-corrected chi connectivity index (χ4v) is 1.70. The molecule has 2 amide bonds. The van der Waals surface area contributed by atoms with Gasteiger partial charge in [-0.05, 0) is 18.9 Å². The lowest BCUT2D eigenvalue weighted by Gasteiger charge is -2.30. The predicted octanol–water partition coefficient (Wildman–Crippen LogP) is 0.157. The van der Waals surface area contributed by atoms with E-state index in [-0.39, 0.29) is 17.7 Å². The van der Waals surface area contributed by atoms with Gasteiger partial charge in [0.25, 0.3) is 0 Å². The maximum absolute atomic E-state index is 11.3. The van der Waals surface area contributed by atoms with Gasteiger partial charge in [0.15, 0.2) is 0 Å². The monoisotopic (exact) mass is 196 g/mol. The molecule has 1 rings (SSSR count). The second-order valence-corrected chi connectivity index (χ2v) is 3.42. The van der Waals surface area contributed by atoms with Crippen molar-refractivity contribution in [2.75, 3.05) is 20.1 Å². The molecule has 4 nitrogen and oxygen atoms in total. The first-order valence-corrected chi connectivity index (χ1v) is 4.82. The van der Waals surface area contributed by atoms with Gasteiger partial charge in [0, 0.05) is 26.1 Å². The zero-order valence-electron chi connectivity index (χ0n) is 8.45. The quantitative estimate of drug-likeness (QED) is 0.639. The van der Waals surface area contributed by atoms with Gasteiger partial charge < -0.3 is 10.2 Å². The number of piperidine rings is 1. The van der Waals surface area contributed by atoms with E-state index in [9.17, 15) is 9.59 Å². The van der Waals surface area contributed by atoms with Crippen LogP contribution < -0.4 is 5.32 Å². The first-order valence-electron chi connectivity index (χ1n) is 4.82. The number of amides is 2. The molecule has 0 radical (unpaired) electrons. The highest BCUT2D eigenvalue weighted by atomic mass is 16.2. The van der Waals surface area contributed by atoms with E-state index in [0.29, 0.717) is 13.1 Å². The van der Waals surface area contributed by atoms with Gasteiger partial charge >= 0.3 is 0 Å². The summed E-state index contributed by atoms with van der Waals surface area (Å²) < 4.78 is 0. The number of carbonyl (C=O) groups is 2. The van der Waals surface area contributed by atoms with Crippen LogP contribution in [0.3, 0.4) is 0 Å². The molecule has 0 saturated carbocycles. The topological polar surface area (TPSA) is 49.4 Å². The standard InChI is InChI=1S/C10H16N2O2/c1-3-9(13)12-6-4-8(5-7-12)10(14)11-2/h3,8H,1,4-7H2,2H3,(H,11,14). The van der Waals surface area contributed by atoms with Crippen molar-refractivity contribution in [3.8, 4) is 0 Å². The van der Waals surface area contributed by atoms with Crippen molar-refractivity contribution in [2.45, 2.75) is 12.8 Å². The summed E-state index contributed by atoms with van der Waals surface area (Å²) in [7, 11) is 1.64. The minimum atomic E-state index is -0.0413. The Morgan fingerprint density at radius 2 is 2.00 bits per heavy atom. The Kier molecular flexibility index (Phi) is 3.68. The number of rotatable bonds is 2. The SMILES string of the molecule is C=CC(=O)N1CCC(C(=O)NC)CC1. The van der Waals surface area contributed by atoms with Crippen LogP contribution >= 0.6 is 0 Å². The van der Waals surface area contributed by atoms with Crippen molar-refractivity contribution in [3.63, 3.8) is 0 Å². The molecule has 0 spiro atoms. The van der Waals surface area contributed by atoms with Crippen LogP contribution in [0.1, 0.15) is 12.8 Å². The van der Waals surface area contributed by atoms with Crippen LogP contribution in [0.4, 0.5) is 0 Å². The summed E-state index contributed by atoms with van der Waals surface area (Å²) >= 11 is 0. The molecule has 1 fully saturated rings. The van der Waals surface area contributed by atoms with Gasteiger partial charge in [0.05, 0.1) is 0 Å². The molecule has 1 saturated heterocycles. The second-order valence-electron chi connectivity index (χ2n) is 3.42. The highest BCUT2D eigenvalue weighted by Crippen LogP contribution is 2.17. The van der Waals surface area contributed by atoms with Gasteiger partial charge in [0.2, 0.25) is 11.8 Å². The van der Waals surface area contributed by atoms with E-state index in [0.717, 1.165) is 12.8 Å². The fraction of sp³-hybridized carbons (Fsp3) is 0.600. The van der Waals surface area contributed by atoms with Crippen LogP contribution in [0.5, 0.6) is 0 Å². The highest BCUT2D eigenvalue weighted by molar-refractivity contribution is 5.87. The molecule has 0 aliphatic carbocycles. The molecule has 0 unspecified atom stereocenters. The molecule has 0 atom stereocenters. The summed E-state index contributed by atoms with van der Waals surface area (Å²) in [5.41, 5.74) is 0. The third-order valence-electron chi connectivity index (χ3n) is 2.60. The van der Waals surface area contributed by atoms with Crippen molar-refractivity contribution >= 4 is 11.8 Å². The molecule has 0 aromatic heterocycles. The van der Waals surface area contributed by atoms with E-state index in [1.54, 1.807) is 11.9 Å². The van der Waals surface area contributed by atoms with E-state index in [2.05, 4.69) is 11.9 Å². The minimum Gasteiger partial charge on any atom is -0.359 e. The molecule has 4 heteroatoms. The Morgan fingerprint density at radius 1 is 1.43 bits per heavy atom. The molecule has 0 bridgehead atoms. The molecular weight excluding hydrogens is 180 g/mol. The van der Waals surface area contributed by atoms with Crippen LogP contribution in [0.2, 0.25) is 0 Å². The molecule has 1 aliphatic heterocycles. The number of likely N-dealkylation sites (tertiary alicyclic amines) is 1. The van der Waals surface area contributed by atoms with Crippen molar-refractivity contribution in [1.82, 2.24) is 10.2 Å². The Morgan fingerprint density at radius 3 is 2.43 bits per heavy atom. The number of nitrogens with zero attached hydrogens (tertiary/aromatic N) is 1. The molecule has 14 heavy (non-hydrogen) atoms. The first kappa shape index (κ1) is 10.8. The van der Waals surface area contributed by atoms with Gasteiger partial charge in [-0.25, -0.2) is 0 Å². The zero-order valence-corrected chi connectivity index (χ0v) is 8.45. The van der Waals surface area contributed by atoms with Gasteiger partial charge in [-0.2, -0.15) is 0 Å². The van der Waals surface area contributed by atoms with Crippen molar-refractivity contribution in [1.29, 1.82) is 0 Å². The summed E-state index contributed by atoms with van der Waals surface area (Å²) in [6.07, 6.45) is 2.82. The van der Waals surface area contributed by atoms with Gasteiger partial charge in [-0.3, -0.25) is 9.59 Å². The summed E-state index contributed by atoms with van der Waals surface area (Å²) in [6, 6.07) is 0. The Labute approximate surface area is 84.0 Å². The number of carbonyl (C=O) groups excluding carboxylic acids is 2. The number of hydrogen-bond donors (Lipinski definition) is 1. The predicted molar refractivity (Wildman–Crippen MR) is 53.6 cm³/mol. The minimum absolute atomic E-state index is 0.0413. The van der Waals surface area contributed by atoms with Crippen LogP contribution in [0, 0.1) is 5.92 Å². The summed E-state index contributed by atoms with van der Waals surface area (Å²) in [4.78, 5) is 24.2. The summed E-state index contributed by atoms with van der Waals surface area (Å²) in [6.45, 7) is 4.75. The smallest absolute Gasteiger partial charge is 0.245 e. The van der Waals surface area contributed by atoms with Crippen molar-refractivity contribution in [3.05, 3.63) is 12.7 Å². The maximum atomic E-state index is 11.3. The Bertz CT molecular complexity index is 243. The Balaban J connectivity index is 2.42. The van der Waals surface area contributed by atoms with E-state index >= 15 is 0 Å².